The molecule has 0 saturated carbocycles. The molecule has 0 fully saturated rings. The molecule has 0 spiro atoms. The maximum absolute atomic E-state index is 12.1. The van der Waals surface area contributed by atoms with Crippen molar-refractivity contribution in [3.8, 4) is 5.75 Å². The molecule has 2 aromatic rings. The molecule has 20 heavy (non-hydrogen) atoms. The molecule has 0 heterocycles. The highest BCUT2D eigenvalue weighted by Gasteiger charge is 2.15. The Kier molecular flexibility index (Phi) is 4.68. The largest absolute Gasteiger partial charge is 0.507 e. The number of aromatic hydroxyl groups is 1. The van der Waals surface area contributed by atoms with E-state index in [-0.39, 0.29) is 23.3 Å². The highest BCUT2D eigenvalue weighted by Crippen LogP contribution is 2.23. The van der Waals surface area contributed by atoms with Crippen molar-refractivity contribution in [2.75, 3.05) is 0 Å². The lowest BCUT2D eigenvalue weighted by atomic mass is 10.1. The van der Waals surface area contributed by atoms with Crippen molar-refractivity contribution in [3.05, 3.63) is 63.1 Å². The number of phenols is 1. The molecule has 0 aliphatic rings. The minimum absolute atomic E-state index is 0.0600. The number of hydrogen-bond donors (Lipinski definition) is 2. The summed E-state index contributed by atoms with van der Waals surface area (Å²) in [4.78, 5) is 12.1. The summed E-state index contributed by atoms with van der Waals surface area (Å²) in [6.45, 7) is 1.86. The smallest absolute Gasteiger partial charge is 0.255 e. The molecule has 104 valence electrons. The van der Waals surface area contributed by atoms with Crippen molar-refractivity contribution >= 4 is 33.4 Å². The van der Waals surface area contributed by atoms with Crippen LogP contribution in [-0.4, -0.2) is 11.0 Å². The molecule has 0 aromatic heterocycles. The SMILES string of the molecule is CC(NC(=O)c1ccc(Br)cc1O)c1cccc(Cl)c1. The molecule has 2 rings (SSSR count). The van der Waals surface area contributed by atoms with Gasteiger partial charge in [0.1, 0.15) is 5.75 Å². The van der Waals surface area contributed by atoms with Gasteiger partial charge in [-0.3, -0.25) is 4.79 Å². The second kappa shape index (κ2) is 6.29. The van der Waals surface area contributed by atoms with Gasteiger partial charge in [0.25, 0.3) is 5.91 Å². The van der Waals surface area contributed by atoms with Gasteiger partial charge < -0.3 is 10.4 Å². The number of carbonyl (C=O) groups excluding carboxylic acids is 1. The second-order valence-electron chi connectivity index (χ2n) is 4.41. The van der Waals surface area contributed by atoms with Gasteiger partial charge in [-0.1, -0.05) is 39.7 Å². The van der Waals surface area contributed by atoms with Crippen molar-refractivity contribution in [3.63, 3.8) is 0 Å². The zero-order chi connectivity index (χ0) is 14.7. The number of halogens is 2. The van der Waals surface area contributed by atoms with Gasteiger partial charge in [-0.2, -0.15) is 0 Å². The van der Waals surface area contributed by atoms with Crippen LogP contribution in [0.4, 0.5) is 0 Å². The summed E-state index contributed by atoms with van der Waals surface area (Å²) in [7, 11) is 0. The molecule has 5 heteroatoms. The summed E-state index contributed by atoms with van der Waals surface area (Å²) in [5, 5.41) is 13.2. The lowest BCUT2D eigenvalue weighted by Gasteiger charge is -2.15. The number of phenolic OH excluding ortho intramolecular Hbond substituents is 1. The Bertz CT molecular complexity index is 646. The van der Waals surface area contributed by atoms with Crippen molar-refractivity contribution in [2.45, 2.75) is 13.0 Å². The van der Waals surface area contributed by atoms with E-state index in [1.54, 1.807) is 24.3 Å². The molecule has 0 radical (unpaired) electrons. The van der Waals surface area contributed by atoms with Crippen LogP contribution in [0.3, 0.4) is 0 Å². The molecular formula is C15H13BrClNO2. The first kappa shape index (κ1) is 14.9. The van der Waals surface area contributed by atoms with Crippen LogP contribution < -0.4 is 5.32 Å². The lowest BCUT2D eigenvalue weighted by Crippen LogP contribution is -2.26. The first-order valence-corrected chi connectivity index (χ1v) is 7.19. The Labute approximate surface area is 130 Å². The number of carbonyl (C=O) groups is 1. The zero-order valence-electron chi connectivity index (χ0n) is 10.7. The zero-order valence-corrected chi connectivity index (χ0v) is 13.1. The summed E-state index contributed by atoms with van der Waals surface area (Å²) in [6, 6.07) is 11.9. The van der Waals surface area contributed by atoms with E-state index in [4.69, 9.17) is 11.6 Å². The van der Waals surface area contributed by atoms with E-state index >= 15 is 0 Å². The molecule has 2 aromatic carbocycles. The van der Waals surface area contributed by atoms with Gasteiger partial charge in [0.2, 0.25) is 0 Å². The molecule has 3 nitrogen and oxygen atoms in total. The molecule has 0 aliphatic carbocycles. The lowest BCUT2D eigenvalue weighted by molar-refractivity contribution is 0.0937. The van der Waals surface area contributed by atoms with E-state index in [1.165, 1.54) is 6.07 Å². The minimum atomic E-state index is -0.331. The topological polar surface area (TPSA) is 49.3 Å². The molecular weight excluding hydrogens is 342 g/mol. The molecule has 0 saturated heterocycles. The quantitative estimate of drug-likeness (QED) is 0.863. The molecule has 2 N–H and O–H groups in total. The molecule has 1 unspecified atom stereocenters. The van der Waals surface area contributed by atoms with Crippen molar-refractivity contribution in [2.24, 2.45) is 0 Å². The summed E-state index contributed by atoms with van der Waals surface area (Å²) >= 11 is 9.16. The van der Waals surface area contributed by atoms with Crippen LogP contribution in [0.2, 0.25) is 5.02 Å². The van der Waals surface area contributed by atoms with E-state index in [1.807, 2.05) is 19.1 Å². The van der Waals surface area contributed by atoms with Crippen LogP contribution in [-0.2, 0) is 0 Å². The number of rotatable bonds is 3. The van der Waals surface area contributed by atoms with Crippen molar-refractivity contribution in [1.29, 1.82) is 0 Å². The third kappa shape index (κ3) is 3.52. The molecule has 0 bridgehead atoms. The summed E-state index contributed by atoms with van der Waals surface area (Å²) in [5.74, 6) is -0.391. The fourth-order valence-electron chi connectivity index (χ4n) is 1.83. The number of benzene rings is 2. The normalized spacial score (nSPS) is 11.9. The Morgan fingerprint density at radius 1 is 1.30 bits per heavy atom. The molecule has 1 atom stereocenters. The Hall–Kier alpha value is -1.52. The predicted molar refractivity (Wildman–Crippen MR) is 83.1 cm³/mol. The number of hydrogen-bond acceptors (Lipinski definition) is 2. The third-order valence-corrected chi connectivity index (χ3v) is 3.63. The van der Waals surface area contributed by atoms with Crippen molar-refractivity contribution in [1.82, 2.24) is 5.32 Å². The van der Waals surface area contributed by atoms with E-state index in [2.05, 4.69) is 21.2 Å². The summed E-state index contributed by atoms with van der Waals surface area (Å²) < 4.78 is 0.717. The highest BCUT2D eigenvalue weighted by atomic mass is 79.9. The van der Waals surface area contributed by atoms with E-state index in [0.29, 0.717) is 5.02 Å². The first-order valence-electron chi connectivity index (χ1n) is 6.02. The fraction of sp³-hybridized carbons (Fsp3) is 0.133. The second-order valence-corrected chi connectivity index (χ2v) is 5.76. The maximum atomic E-state index is 12.1. The fourth-order valence-corrected chi connectivity index (χ4v) is 2.38. The third-order valence-electron chi connectivity index (χ3n) is 2.90. The molecule has 0 aliphatic heterocycles. The van der Waals surface area contributed by atoms with Crippen LogP contribution in [0.5, 0.6) is 5.75 Å². The monoisotopic (exact) mass is 353 g/mol. The van der Waals surface area contributed by atoms with E-state index < -0.39 is 0 Å². The van der Waals surface area contributed by atoms with Gasteiger partial charge >= 0.3 is 0 Å². The number of nitrogens with one attached hydrogen (secondary N) is 1. The van der Waals surface area contributed by atoms with E-state index in [0.717, 1.165) is 10.0 Å². The van der Waals surface area contributed by atoms with Gasteiger partial charge in [0, 0.05) is 9.50 Å². The van der Waals surface area contributed by atoms with Crippen LogP contribution >= 0.6 is 27.5 Å². The average Bonchev–Trinajstić information content (AvgIpc) is 2.38. The van der Waals surface area contributed by atoms with Crippen LogP contribution in [0, 0.1) is 0 Å². The standard InChI is InChI=1S/C15H13BrClNO2/c1-9(10-3-2-4-12(17)7-10)18-15(20)13-6-5-11(16)8-14(13)19/h2-9,19H,1H3,(H,18,20). The van der Waals surface area contributed by atoms with Gasteiger partial charge in [-0.05, 0) is 42.8 Å². The molecule has 1 amide bonds. The first-order chi connectivity index (χ1) is 9.47. The Morgan fingerprint density at radius 2 is 2.05 bits per heavy atom. The summed E-state index contributed by atoms with van der Waals surface area (Å²) in [6.07, 6.45) is 0. The van der Waals surface area contributed by atoms with Gasteiger partial charge in [-0.25, -0.2) is 0 Å². The van der Waals surface area contributed by atoms with Crippen LogP contribution in [0.1, 0.15) is 28.9 Å². The Morgan fingerprint density at radius 3 is 2.70 bits per heavy atom. The van der Waals surface area contributed by atoms with Gasteiger partial charge in [-0.15, -0.1) is 0 Å². The summed E-state index contributed by atoms with van der Waals surface area (Å²) in [5.41, 5.74) is 1.14. The van der Waals surface area contributed by atoms with Gasteiger partial charge in [0.05, 0.1) is 11.6 Å². The average molecular weight is 355 g/mol. The van der Waals surface area contributed by atoms with Crippen LogP contribution in [0.15, 0.2) is 46.9 Å². The predicted octanol–water partition coefficient (Wildman–Crippen LogP) is 4.30. The van der Waals surface area contributed by atoms with Crippen molar-refractivity contribution < 1.29 is 9.90 Å². The minimum Gasteiger partial charge on any atom is -0.507 e. The maximum Gasteiger partial charge on any atom is 0.255 e. The van der Waals surface area contributed by atoms with Crippen LogP contribution in [0.25, 0.3) is 0 Å². The van der Waals surface area contributed by atoms with E-state index in [9.17, 15) is 9.90 Å². The highest BCUT2D eigenvalue weighted by molar-refractivity contribution is 9.10. The number of amides is 1. The van der Waals surface area contributed by atoms with Gasteiger partial charge in [0.15, 0.2) is 0 Å². The Balaban J connectivity index is 2.15.